The molecule has 0 unspecified atom stereocenters. The molecule has 0 radical (unpaired) electrons. The van der Waals surface area contributed by atoms with Crippen LogP contribution in [0, 0.1) is 17.2 Å². The van der Waals surface area contributed by atoms with Gasteiger partial charge in [-0.3, -0.25) is 4.79 Å². The third-order valence-corrected chi connectivity index (χ3v) is 3.90. The second-order valence-electron chi connectivity index (χ2n) is 5.28. The standard InChI is InChI=1S/C15H16N2O2/c16-9-11-2-1-3-13(8-11)15(6-7-19-15)10-17-14(18)12-4-5-12/h1-3,8,12H,4-7,10H2,(H,17,18)/t15-/m1/s1. The first-order valence-corrected chi connectivity index (χ1v) is 6.66. The van der Waals surface area contributed by atoms with Crippen molar-refractivity contribution in [2.45, 2.75) is 24.9 Å². The number of nitrogens with zero attached hydrogens (tertiary/aromatic N) is 1. The molecule has 1 saturated heterocycles. The van der Waals surface area contributed by atoms with Crippen LogP contribution in [0.4, 0.5) is 0 Å². The van der Waals surface area contributed by atoms with Crippen LogP contribution in [0.25, 0.3) is 0 Å². The van der Waals surface area contributed by atoms with Crippen molar-refractivity contribution in [3.8, 4) is 6.07 Å². The molecule has 1 amide bonds. The average Bonchev–Trinajstić information content (AvgIpc) is 3.22. The lowest BCUT2D eigenvalue weighted by Crippen LogP contribution is -2.50. The lowest BCUT2D eigenvalue weighted by molar-refractivity contribution is -0.155. The van der Waals surface area contributed by atoms with Crippen LogP contribution in [0.15, 0.2) is 24.3 Å². The summed E-state index contributed by atoms with van der Waals surface area (Å²) in [5.74, 6) is 0.342. The predicted octanol–water partition coefficient (Wildman–Crippen LogP) is 1.70. The molecule has 1 saturated carbocycles. The molecule has 1 aromatic carbocycles. The fraction of sp³-hybridized carbons (Fsp3) is 0.467. The second kappa shape index (κ2) is 4.67. The van der Waals surface area contributed by atoms with Crippen molar-refractivity contribution in [2.24, 2.45) is 5.92 Å². The number of ether oxygens (including phenoxy) is 1. The van der Waals surface area contributed by atoms with Crippen LogP contribution in [0.3, 0.4) is 0 Å². The van der Waals surface area contributed by atoms with E-state index in [4.69, 9.17) is 10.00 Å². The van der Waals surface area contributed by atoms with Gasteiger partial charge >= 0.3 is 0 Å². The SMILES string of the molecule is N#Cc1cccc([C@]2(CNC(=O)C3CC3)CCO2)c1. The van der Waals surface area contributed by atoms with E-state index in [9.17, 15) is 4.79 Å². The molecule has 2 aliphatic rings. The van der Waals surface area contributed by atoms with Gasteiger partial charge in [0.25, 0.3) is 0 Å². The Bertz CT molecular complexity index is 539. The molecule has 1 aliphatic carbocycles. The van der Waals surface area contributed by atoms with E-state index in [2.05, 4.69) is 11.4 Å². The normalized spacial score (nSPS) is 25.2. The van der Waals surface area contributed by atoms with Gasteiger partial charge in [-0.25, -0.2) is 0 Å². The van der Waals surface area contributed by atoms with Crippen LogP contribution < -0.4 is 5.32 Å². The van der Waals surface area contributed by atoms with Gasteiger partial charge in [0.15, 0.2) is 0 Å². The van der Waals surface area contributed by atoms with Crippen molar-refractivity contribution in [1.29, 1.82) is 5.26 Å². The van der Waals surface area contributed by atoms with Crippen LogP contribution in [-0.4, -0.2) is 19.1 Å². The van der Waals surface area contributed by atoms with Gasteiger partial charge in [0.1, 0.15) is 5.60 Å². The van der Waals surface area contributed by atoms with Crippen molar-refractivity contribution < 1.29 is 9.53 Å². The van der Waals surface area contributed by atoms with E-state index < -0.39 is 5.60 Å². The number of carbonyl (C=O) groups is 1. The summed E-state index contributed by atoms with van der Waals surface area (Å²) in [6.45, 7) is 1.20. The number of amides is 1. The highest BCUT2D eigenvalue weighted by molar-refractivity contribution is 5.80. The van der Waals surface area contributed by atoms with E-state index in [0.29, 0.717) is 18.7 Å². The Kier molecular flexibility index (Phi) is 3.00. The first-order valence-electron chi connectivity index (χ1n) is 6.66. The summed E-state index contributed by atoms with van der Waals surface area (Å²) in [6.07, 6.45) is 2.89. The Labute approximate surface area is 112 Å². The monoisotopic (exact) mass is 256 g/mol. The van der Waals surface area contributed by atoms with Crippen molar-refractivity contribution in [3.63, 3.8) is 0 Å². The summed E-state index contributed by atoms with van der Waals surface area (Å²) < 4.78 is 5.73. The number of carbonyl (C=O) groups excluding carboxylic acids is 1. The number of benzene rings is 1. The lowest BCUT2D eigenvalue weighted by atomic mass is 9.85. The zero-order valence-electron chi connectivity index (χ0n) is 10.7. The fourth-order valence-electron chi connectivity index (χ4n) is 2.41. The fourth-order valence-corrected chi connectivity index (χ4v) is 2.41. The van der Waals surface area contributed by atoms with Gasteiger partial charge in [0.2, 0.25) is 5.91 Å². The number of nitriles is 1. The Morgan fingerprint density at radius 1 is 1.53 bits per heavy atom. The molecule has 1 N–H and O–H groups in total. The average molecular weight is 256 g/mol. The molecular formula is C15H16N2O2. The van der Waals surface area contributed by atoms with E-state index in [-0.39, 0.29) is 11.8 Å². The van der Waals surface area contributed by atoms with E-state index in [1.807, 2.05) is 18.2 Å². The number of nitrogens with one attached hydrogen (secondary N) is 1. The Morgan fingerprint density at radius 2 is 2.32 bits per heavy atom. The van der Waals surface area contributed by atoms with Gasteiger partial charge in [-0.1, -0.05) is 12.1 Å². The van der Waals surface area contributed by atoms with Crippen LogP contribution in [-0.2, 0) is 15.1 Å². The van der Waals surface area contributed by atoms with E-state index in [1.165, 1.54) is 0 Å². The third-order valence-electron chi connectivity index (χ3n) is 3.90. The maximum Gasteiger partial charge on any atom is 0.223 e. The minimum atomic E-state index is -0.433. The number of hydrogen-bond acceptors (Lipinski definition) is 3. The molecule has 4 nitrogen and oxygen atoms in total. The molecule has 4 heteroatoms. The summed E-state index contributed by atoms with van der Waals surface area (Å²) in [4.78, 5) is 11.7. The van der Waals surface area contributed by atoms with Gasteiger partial charge in [0, 0.05) is 12.3 Å². The topological polar surface area (TPSA) is 62.1 Å². The number of hydrogen-bond donors (Lipinski definition) is 1. The molecule has 2 fully saturated rings. The van der Waals surface area contributed by atoms with E-state index in [0.717, 1.165) is 24.8 Å². The van der Waals surface area contributed by atoms with Crippen molar-refractivity contribution in [3.05, 3.63) is 35.4 Å². The molecule has 1 heterocycles. The van der Waals surface area contributed by atoms with Gasteiger partial charge in [-0.2, -0.15) is 5.26 Å². The molecule has 0 spiro atoms. The summed E-state index contributed by atoms with van der Waals surface area (Å²) in [7, 11) is 0. The van der Waals surface area contributed by atoms with Crippen molar-refractivity contribution in [2.75, 3.05) is 13.2 Å². The molecule has 98 valence electrons. The van der Waals surface area contributed by atoms with Crippen molar-refractivity contribution >= 4 is 5.91 Å². The van der Waals surface area contributed by atoms with E-state index in [1.54, 1.807) is 6.07 Å². The lowest BCUT2D eigenvalue weighted by Gasteiger charge is -2.42. The minimum absolute atomic E-state index is 0.131. The Balaban J connectivity index is 1.74. The maximum atomic E-state index is 11.7. The van der Waals surface area contributed by atoms with Gasteiger partial charge in [0.05, 0.1) is 24.8 Å². The molecule has 19 heavy (non-hydrogen) atoms. The smallest absolute Gasteiger partial charge is 0.223 e. The van der Waals surface area contributed by atoms with Crippen LogP contribution in [0.1, 0.15) is 30.4 Å². The highest BCUT2D eigenvalue weighted by atomic mass is 16.5. The van der Waals surface area contributed by atoms with E-state index >= 15 is 0 Å². The first-order chi connectivity index (χ1) is 9.23. The molecule has 1 aromatic rings. The predicted molar refractivity (Wildman–Crippen MR) is 69.1 cm³/mol. The summed E-state index contributed by atoms with van der Waals surface area (Å²) >= 11 is 0. The highest BCUT2D eigenvalue weighted by Gasteiger charge is 2.41. The minimum Gasteiger partial charge on any atom is -0.368 e. The first kappa shape index (κ1) is 12.2. The van der Waals surface area contributed by atoms with Gasteiger partial charge in [-0.05, 0) is 30.5 Å². The molecule has 1 aliphatic heterocycles. The Morgan fingerprint density at radius 3 is 2.89 bits per heavy atom. The summed E-state index contributed by atoms with van der Waals surface area (Å²) in [6, 6.07) is 9.59. The zero-order chi connectivity index (χ0) is 13.3. The van der Waals surface area contributed by atoms with Gasteiger partial charge < -0.3 is 10.1 Å². The van der Waals surface area contributed by atoms with Crippen LogP contribution in [0.2, 0.25) is 0 Å². The maximum absolute atomic E-state index is 11.7. The molecule has 3 rings (SSSR count). The number of rotatable bonds is 4. The van der Waals surface area contributed by atoms with Crippen LogP contribution >= 0.6 is 0 Å². The van der Waals surface area contributed by atoms with Crippen molar-refractivity contribution in [1.82, 2.24) is 5.32 Å². The quantitative estimate of drug-likeness (QED) is 0.891. The molecule has 0 aromatic heterocycles. The molecule has 0 bridgehead atoms. The highest BCUT2D eigenvalue weighted by Crippen LogP contribution is 2.37. The third kappa shape index (κ3) is 2.34. The Hall–Kier alpha value is -1.86. The second-order valence-corrected chi connectivity index (χ2v) is 5.28. The molecule has 1 atom stereocenters. The zero-order valence-corrected chi connectivity index (χ0v) is 10.7. The molecular weight excluding hydrogens is 240 g/mol. The van der Waals surface area contributed by atoms with Crippen LogP contribution in [0.5, 0.6) is 0 Å². The largest absolute Gasteiger partial charge is 0.368 e. The van der Waals surface area contributed by atoms with Gasteiger partial charge in [-0.15, -0.1) is 0 Å². The summed E-state index contributed by atoms with van der Waals surface area (Å²) in [5, 5.41) is 11.9. The summed E-state index contributed by atoms with van der Waals surface area (Å²) in [5.41, 5.74) is 1.17.